The van der Waals surface area contributed by atoms with Crippen LogP contribution in [0.3, 0.4) is 0 Å². The van der Waals surface area contributed by atoms with Crippen LogP contribution in [0.25, 0.3) is 10.9 Å². The van der Waals surface area contributed by atoms with Crippen LogP contribution in [-0.4, -0.2) is 28.5 Å². The molecule has 0 saturated heterocycles. The molecule has 2 heteroatoms. The maximum absolute atomic E-state index is 2.18. The zero-order valence-corrected chi connectivity index (χ0v) is 19.5. The van der Waals surface area contributed by atoms with E-state index >= 15 is 0 Å². The van der Waals surface area contributed by atoms with Gasteiger partial charge in [0.15, 0.2) is 0 Å². The zero-order chi connectivity index (χ0) is 17.2. The first-order valence-corrected chi connectivity index (χ1v) is 9.12. The molecule has 0 aliphatic carbocycles. The number of aryl methyl sites for hydroxylation is 1. The summed E-state index contributed by atoms with van der Waals surface area (Å²) in [6.07, 6.45) is 9.99. The Morgan fingerprint density at radius 1 is 0.652 bits per heavy atom. The number of para-hydroxylation sites is 1. The average molecular weight is 424 g/mol. The monoisotopic (exact) mass is 425 g/mol. The Balaban J connectivity index is -0.000000264. The van der Waals surface area contributed by atoms with Crippen molar-refractivity contribution in [1.29, 1.82) is 0 Å². The summed E-state index contributed by atoms with van der Waals surface area (Å²) in [5.74, 6) is 0. The second-order valence-corrected chi connectivity index (χ2v) is 5.49. The van der Waals surface area contributed by atoms with Gasteiger partial charge in [-0.15, -0.1) is 0 Å². The first-order valence-electron chi connectivity index (χ1n) is 9.12. The third kappa shape index (κ3) is 16.2. The minimum absolute atomic E-state index is 0. The van der Waals surface area contributed by atoms with Gasteiger partial charge in [0.05, 0.1) is 0 Å². The van der Waals surface area contributed by atoms with E-state index in [1.54, 1.807) is 0 Å². The Morgan fingerprint density at radius 3 is 1.39 bits per heavy atom. The van der Waals surface area contributed by atoms with Gasteiger partial charge in [0.2, 0.25) is 0 Å². The molecule has 0 unspecified atom stereocenters. The summed E-state index contributed by atoms with van der Waals surface area (Å²) in [7, 11) is 2.06. The second kappa shape index (κ2) is 21.6. The van der Waals surface area contributed by atoms with Crippen molar-refractivity contribution in [3.63, 3.8) is 0 Å². The van der Waals surface area contributed by atoms with E-state index in [0.717, 1.165) is 0 Å². The number of fused-ring (bicyclic) bond motifs is 1. The van der Waals surface area contributed by atoms with E-state index in [4.69, 9.17) is 0 Å². The summed E-state index contributed by atoms with van der Waals surface area (Å²) in [4.78, 5) is 0. The quantitative estimate of drug-likeness (QED) is 0.459. The van der Waals surface area contributed by atoms with Crippen LogP contribution < -0.4 is 0 Å². The van der Waals surface area contributed by atoms with E-state index in [1.807, 2.05) is 0 Å². The summed E-state index contributed by atoms with van der Waals surface area (Å²) in [5, 5.41) is 1.31. The normalized spacial score (nSPS) is 8.48. The predicted molar refractivity (Wildman–Crippen MR) is 110 cm³/mol. The Bertz CT molecular complexity index is 419. The standard InChI is InChI=1S/C9H9N.3C4H10.Sn/c1-10-7-6-8-4-2-3-5-9(8)10;3*1-3-4-2;/h2-7H,1H3;3*3-4H2,1-2H3;. The summed E-state index contributed by atoms with van der Waals surface area (Å²) in [6, 6.07) is 10.5. The average Bonchev–Trinajstić information content (AvgIpc) is 2.97. The molecule has 0 saturated carbocycles. The molecule has 1 nitrogen and oxygen atoms in total. The Labute approximate surface area is 162 Å². The molecule has 2 aromatic rings. The van der Waals surface area contributed by atoms with Crippen molar-refractivity contribution in [1.82, 2.24) is 4.57 Å². The van der Waals surface area contributed by atoms with Gasteiger partial charge >= 0.3 is 0 Å². The Hall–Kier alpha value is -0.441. The van der Waals surface area contributed by atoms with E-state index in [1.165, 1.54) is 49.4 Å². The largest absolute Gasteiger partial charge is 0.351 e. The summed E-state index contributed by atoms with van der Waals surface area (Å²) < 4.78 is 2.12. The van der Waals surface area contributed by atoms with Crippen molar-refractivity contribution in [2.45, 2.75) is 80.1 Å². The molecule has 1 aromatic heterocycles. The molecule has 0 N–H and O–H groups in total. The topological polar surface area (TPSA) is 4.93 Å². The van der Waals surface area contributed by atoms with Gasteiger partial charge in [-0.2, -0.15) is 0 Å². The van der Waals surface area contributed by atoms with Gasteiger partial charge in [0, 0.05) is 42.7 Å². The maximum atomic E-state index is 2.18. The van der Waals surface area contributed by atoms with Crippen LogP contribution in [-0.2, 0) is 7.05 Å². The molecule has 132 valence electrons. The van der Waals surface area contributed by atoms with E-state index < -0.39 is 0 Å². The third-order valence-electron chi connectivity index (χ3n) is 3.29. The minimum Gasteiger partial charge on any atom is -0.351 e. The van der Waals surface area contributed by atoms with Crippen molar-refractivity contribution in [3.8, 4) is 0 Å². The van der Waals surface area contributed by atoms with Gasteiger partial charge in [-0.25, -0.2) is 0 Å². The van der Waals surface area contributed by atoms with E-state index in [-0.39, 0.29) is 23.9 Å². The summed E-state index contributed by atoms with van der Waals surface area (Å²) >= 11 is 0. The van der Waals surface area contributed by atoms with Crippen LogP contribution >= 0.6 is 0 Å². The molecule has 23 heavy (non-hydrogen) atoms. The van der Waals surface area contributed by atoms with Crippen LogP contribution in [0.15, 0.2) is 36.5 Å². The first kappa shape index (κ1) is 27.4. The molecule has 1 heterocycles. The number of rotatable bonds is 3. The van der Waals surface area contributed by atoms with Crippen molar-refractivity contribution < 1.29 is 0 Å². The molecule has 0 amide bonds. The number of aromatic nitrogens is 1. The molecule has 0 aliphatic heterocycles. The van der Waals surface area contributed by atoms with Crippen LogP contribution in [0.2, 0.25) is 0 Å². The van der Waals surface area contributed by atoms with Gasteiger partial charge in [0.1, 0.15) is 0 Å². The molecule has 2 rings (SSSR count). The fraction of sp³-hybridized carbons (Fsp3) is 0.619. The van der Waals surface area contributed by atoms with Crippen LogP contribution in [0.4, 0.5) is 0 Å². The van der Waals surface area contributed by atoms with Crippen LogP contribution in [0.5, 0.6) is 0 Å². The molecule has 0 fully saturated rings. The predicted octanol–water partition coefficient (Wildman–Crippen LogP) is 7.22. The molecule has 0 atom stereocenters. The van der Waals surface area contributed by atoms with Gasteiger partial charge in [-0.3, -0.25) is 0 Å². The Morgan fingerprint density at radius 2 is 1.04 bits per heavy atom. The Kier molecular flexibility index (Phi) is 25.7. The number of hydrogen-bond donors (Lipinski definition) is 0. The fourth-order valence-electron chi connectivity index (χ4n) is 1.22. The number of hydrogen-bond acceptors (Lipinski definition) is 0. The van der Waals surface area contributed by atoms with Crippen LogP contribution in [0.1, 0.15) is 80.1 Å². The maximum Gasteiger partial charge on any atom is 0.0477 e. The molecule has 1 aromatic carbocycles. The fourth-order valence-corrected chi connectivity index (χ4v) is 1.22. The third-order valence-corrected chi connectivity index (χ3v) is 3.29. The second-order valence-electron chi connectivity index (χ2n) is 5.49. The molecular weight excluding hydrogens is 385 g/mol. The summed E-state index contributed by atoms with van der Waals surface area (Å²) in [6.45, 7) is 13.1. The van der Waals surface area contributed by atoms with Gasteiger partial charge in [0.25, 0.3) is 0 Å². The smallest absolute Gasteiger partial charge is 0.0477 e. The van der Waals surface area contributed by atoms with Crippen molar-refractivity contribution in [3.05, 3.63) is 36.5 Å². The minimum atomic E-state index is 0. The van der Waals surface area contributed by atoms with E-state index in [9.17, 15) is 0 Å². The number of benzene rings is 1. The van der Waals surface area contributed by atoms with Crippen molar-refractivity contribution in [2.75, 3.05) is 0 Å². The molecule has 0 spiro atoms. The zero-order valence-electron chi connectivity index (χ0n) is 16.7. The molecule has 0 aliphatic rings. The van der Waals surface area contributed by atoms with Crippen LogP contribution in [0, 0.1) is 0 Å². The molecular formula is C21H39NSn. The number of unbranched alkanes of at least 4 members (excludes halogenated alkanes) is 3. The first-order chi connectivity index (χ1) is 10.6. The summed E-state index contributed by atoms with van der Waals surface area (Å²) in [5.41, 5.74) is 1.29. The SMILES string of the molecule is CCCC.CCCC.CCCC.Cn1ccc2ccccc21.[Sn]. The van der Waals surface area contributed by atoms with Crippen molar-refractivity contribution >= 4 is 34.8 Å². The van der Waals surface area contributed by atoms with E-state index in [2.05, 4.69) is 89.7 Å². The van der Waals surface area contributed by atoms with E-state index in [0.29, 0.717) is 0 Å². The van der Waals surface area contributed by atoms with Gasteiger partial charge in [-0.1, -0.05) is 98.3 Å². The molecule has 4 radical (unpaired) electrons. The van der Waals surface area contributed by atoms with Gasteiger partial charge < -0.3 is 4.57 Å². The van der Waals surface area contributed by atoms with Gasteiger partial charge in [-0.05, 0) is 17.5 Å². The molecule has 0 bridgehead atoms. The van der Waals surface area contributed by atoms with Crippen molar-refractivity contribution in [2.24, 2.45) is 7.05 Å². The number of nitrogens with zero attached hydrogens (tertiary/aromatic N) is 1.